The van der Waals surface area contributed by atoms with Crippen molar-refractivity contribution in [2.24, 2.45) is 11.8 Å². The first-order valence-electron chi connectivity index (χ1n) is 8.30. The number of carbonyl (C=O) groups is 2. The Balaban J connectivity index is 1.74. The third-order valence-corrected chi connectivity index (χ3v) is 5.54. The van der Waals surface area contributed by atoms with Crippen LogP contribution in [0.3, 0.4) is 0 Å². The van der Waals surface area contributed by atoms with E-state index in [1.165, 1.54) is 12.1 Å². The Morgan fingerprint density at radius 2 is 1.89 bits per heavy atom. The first-order chi connectivity index (χ1) is 12.8. The molecule has 0 saturated heterocycles. The second kappa shape index (κ2) is 8.27. The summed E-state index contributed by atoms with van der Waals surface area (Å²) in [5.41, 5.74) is 1.02. The van der Waals surface area contributed by atoms with Crippen LogP contribution in [0.5, 0.6) is 0 Å². The van der Waals surface area contributed by atoms with Crippen LogP contribution in [0, 0.1) is 11.8 Å². The maximum atomic E-state index is 12.8. The Kier molecular flexibility index (Phi) is 6.01. The first-order valence-corrected chi connectivity index (χ1v) is 9.56. The summed E-state index contributed by atoms with van der Waals surface area (Å²) < 4.78 is 25.5. The van der Waals surface area contributed by atoms with Crippen molar-refractivity contribution in [2.75, 3.05) is 10.6 Å². The summed E-state index contributed by atoms with van der Waals surface area (Å²) in [7, 11) is 0. The van der Waals surface area contributed by atoms with Crippen molar-refractivity contribution >= 4 is 46.6 Å². The number of nitrogens with one attached hydrogen (secondary N) is 2. The van der Waals surface area contributed by atoms with Crippen LogP contribution in [-0.2, 0) is 4.79 Å². The molecule has 2 unspecified atom stereocenters. The molecule has 1 aliphatic carbocycles. The van der Waals surface area contributed by atoms with Gasteiger partial charge in [-0.25, -0.2) is 0 Å². The Bertz CT molecular complexity index is 879. The van der Waals surface area contributed by atoms with E-state index in [2.05, 4.69) is 10.6 Å². The van der Waals surface area contributed by atoms with E-state index < -0.39 is 11.7 Å². The molecule has 1 saturated carbocycles. The van der Waals surface area contributed by atoms with Crippen molar-refractivity contribution in [3.8, 4) is 0 Å². The van der Waals surface area contributed by atoms with Crippen LogP contribution < -0.4 is 10.6 Å². The molecular formula is C19H17ClF2N2O2S. The highest BCUT2D eigenvalue weighted by Gasteiger charge is 2.39. The lowest BCUT2D eigenvalue weighted by Crippen LogP contribution is -2.16. The van der Waals surface area contributed by atoms with Gasteiger partial charge in [0.05, 0.1) is 15.6 Å². The average molecular weight is 411 g/mol. The molecule has 2 N–H and O–H groups in total. The molecule has 2 aromatic rings. The molecular weight excluding hydrogens is 394 g/mol. The van der Waals surface area contributed by atoms with Crippen LogP contribution in [-0.4, -0.2) is 17.6 Å². The van der Waals surface area contributed by atoms with Crippen molar-refractivity contribution < 1.29 is 18.4 Å². The monoisotopic (exact) mass is 410 g/mol. The van der Waals surface area contributed by atoms with Crippen molar-refractivity contribution in [1.29, 1.82) is 0 Å². The molecule has 0 heterocycles. The molecule has 0 aromatic heterocycles. The molecule has 0 spiro atoms. The third kappa shape index (κ3) is 4.99. The second-order valence-electron chi connectivity index (χ2n) is 6.34. The third-order valence-electron chi connectivity index (χ3n) is 4.26. The van der Waals surface area contributed by atoms with Gasteiger partial charge in [-0.1, -0.05) is 42.4 Å². The van der Waals surface area contributed by atoms with E-state index in [1.807, 2.05) is 6.92 Å². The van der Waals surface area contributed by atoms with Gasteiger partial charge in [0.25, 0.3) is 11.7 Å². The molecule has 1 fully saturated rings. The number of carbonyl (C=O) groups excluding carboxylic acids is 2. The van der Waals surface area contributed by atoms with E-state index in [0.717, 1.165) is 6.42 Å². The van der Waals surface area contributed by atoms with Crippen LogP contribution in [0.15, 0.2) is 47.4 Å². The number of anilines is 2. The zero-order valence-corrected chi connectivity index (χ0v) is 15.9. The summed E-state index contributed by atoms with van der Waals surface area (Å²) in [5.74, 6) is -2.81. The molecule has 2 aromatic carbocycles. The second-order valence-corrected chi connectivity index (χ2v) is 7.75. The highest BCUT2D eigenvalue weighted by atomic mass is 35.5. The normalized spacial score (nSPS) is 18.3. The van der Waals surface area contributed by atoms with E-state index in [9.17, 15) is 18.4 Å². The quantitative estimate of drug-likeness (QED) is 0.618. The van der Waals surface area contributed by atoms with Gasteiger partial charge in [-0.05, 0) is 42.7 Å². The summed E-state index contributed by atoms with van der Waals surface area (Å²) in [6, 6.07) is 11.0. The summed E-state index contributed by atoms with van der Waals surface area (Å²) in [4.78, 5) is 24.7. The van der Waals surface area contributed by atoms with Crippen LogP contribution in [0.1, 0.15) is 23.7 Å². The van der Waals surface area contributed by atoms with Gasteiger partial charge in [0.2, 0.25) is 5.91 Å². The van der Waals surface area contributed by atoms with Crippen molar-refractivity contribution in [1.82, 2.24) is 0 Å². The van der Waals surface area contributed by atoms with Gasteiger partial charge in [0, 0.05) is 17.2 Å². The van der Waals surface area contributed by atoms with E-state index in [-0.39, 0.29) is 39.2 Å². The van der Waals surface area contributed by atoms with Crippen LogP contribution >= 0.6 is 23.4 Å². The molecule has 27 heavy (non-hydrogen) atoms. The molecule has 0 aliphatic heterocycles. The maximum Gasteiger partial charge on any atom is 0.289 e. The molecule has 4 nitrogen and oxygen atoms in total. The van der Waals surface area contributed by atoms with E-state index in [1.54, 1.807) is 30.3 Å². The lowest BCUT2D eigenvalue weighted by atomic mass is 10.1. The molecule has 3 rings (SSSR count). The first kappa shape index (κ1) is 19.6. The lowest BCUT2D eigenvalue weighted by molar-refractivity contribution is -0.117. The number of amides is 2. The minimum atomic E-state index is -2.66. The van der Waals surface area contributed by atoms with E-state index in [4.69, 9.17) is 11.6 Å². The maximum absolute atomic E-state index is 12.8. The van der Waals surface area contributed by atoms with E-state index >= 15 is 0 Å². The number of alkyl halides is 2. The average Bonchev–Trinajstić information content (AvgIpc) is 3.35. The number of hydrogen-bond donors (Lipinski definition) is 2. The summed E-state index contributed by atoms with van der Waals surface area (Å²) in [5, 5.41) is 5.54. The standard InChI is InChI=1S/C19H17ClF2N2O2S/c1-10-8-13(10)18(26)23-12-5-2-4-11(9-12)17(25)24-15-7-3-6-14(20)16(15)27-19(21)22/h2-7,9-10,13,19H,8H2,1H3,(H,23,26)(H,24,25). The van der Waals surface area contributed by atoms with Crippen LogP contribution in [0.4, 0.5) is 20.2 Å². The lowest BCUT2D eigenvalue weighted by Gasteiger charge is -2.12. The van der Waals surface area contributed by atoms with E-state index in [0.29, 0.717) is 17.2 Å². The van der Waals surface area contributed by atoms with Gasteiger partial charge in [-0.2, -0.15) is 8.78 Å². The molecule has 8 heteroatoms. The zero-order valence-electron chi connectivity index (χ0n) is 14.3. The highest BCUT2D eigenvalue weighted by molar-refractivity contribution is 7.99. The fraction of sp³-hybridized carbons (Fsp3) is 0.263. The minimum absolute atomic E-state index is 0.0165. The predicted octanol–water partition coefficient (Wildman–Crippen LogP) is 5.50. The fourth-order valence-electron chi connectivity index (χ4n) is 2.67. The summed E-state index contributed by atoms with van der Waals surface area (Å²) in [6.45, 7) is 2.01. The number of rotatable bonds is 6. The predicted molar refractivity (Wildman–Crippen MR) is 104 cm³/mol. The molecule has 2 atom stereocenters. The summed E-state index contributed by atoms with van der Waals surface area (Å²) in [6.07, 6.45) is 0.866. The molecule has 2 amide bonds. The number of benzene rings is 2. The molecule has 1 aliphatic rings. The molecule has 142 valence electrons. The van der Waals surface area contributed by atoms with Crippen molar-refractivity contribution in [3.63, 3.8) is 0 Å². The van der Waals surface area contributed by atoms with Crippen LogP contribution in [0.2, 0.25) is 5.02 Å². The van der Waals surface area contributed by atoms with Crippen molar-refractivity contribution in [3.05, 3.63) is 53.1 Å². The number of halogens is 3. The molecule has 0 bridgehead atoms. The van der Waals surface area contributed by atoms with Gasteiger partial charge in [0.15, 0.2) is 0 Å². The van der Waals surface area contributed by atoms with Gasteiger partial charge in [-0.15, -0.1) is 0 Å². The van der Waals surface area contributed by atoms with Gasteiger partial charge in [0.1, 0.15) is 0 Å². The topological polar surface area (TPSA) is 58.2 Å². The fourth-order valence-corrected chi connectivity index (χ4v) is 3.58. The number of thioether (sulfide) groups is 1. The minimum Gasteiger partial charge on any atom is -0.326 e. The highest BCUT2D eigenvalue weighted by Crippen LogP contribution is 2.39. The van der Waals surface area contributed by atoms with Crippen LogP contribution in [0.25, 0.3) is 0 Å². The Morgan fingerprint density at radius 3 is 2.56 bits per heavy atom. The SMILES string of the molecule is CC1CC1C(=O)Nc1cccc(C(=O)Nc2cccc(Cl)c2SC(F)F)c1. The Hall–Kier alpha value is -2.12. The smallest absolute Gasteiger partial charge is 0.289 e. The Morgan fingerprint density at radius 1 is 1.19 bits per heavy atom. The Labute approximate surface area is 164 Å². The molecule has 0 radical (unpaired) electrons. The van der Waals surface area contributed by atoms with Gasteiger partial charge in [-0.3, -0.25) is 9.59 Å². The van der Waals surface area contributed by atoms with Crippen molar-refractivity contribution in [2.45, 2.75) is 24.0 Å². The van der Waals surface area contributed by atoms with Gasteiger partial charge < -0.3 is 10.6 Å². The largest absolute Gasteiger partial charge is 0.326 e. The zero-order chi connectivity index (χ0) is 19.6. The summed E-state index contributed by atoms with van der Waals surface area (Å²) >= 11 is 6.25. The number of hydrogen-bond acceptors (Lipinski definition) is 3. The van der Waals surface area contributed by atoms with Gasteiger partial charge >= 0.3 is 0 Å².